The number of ether oxygens (including phenoxy) is 1. The van der Waals surface area contributed by atoms with Crippen LogP contribution in [0.3, 0.4) is 0 Å². The van der Waals surface area contributed by atoms with Crippen LogP contribution < -0.4 is 9.16 Å². The van der Waals surface area contributed by atoms with Crippen LogP contribution in [0, 0.1) is 0 Å². The highest BCUT2D eigenvalue weighted by atomic mass is 28.4. The Balaban J connectivity index is 1.93. The lowest BCUT2D eigenvalue weighted by molar-refractivity contribution is 0.00940. The van der Waals surface area contributed by atoms with Crippen LogP contribution in [-0.4, -0.2) is 19.7 Å². The molecule has 1 aromatic rings. The Labute approximate surface area is 146 Å². The molecule has 4 heteroatoms. The molecule has 132 valence electrons. The van der Waals surface area contributed by atoms with Gasteiger partial charge in [-0.25, -0.2) is 0 Å². The van der Waals surface area contributed by atoms with Gasteiger partial charge in [0.1, 0.15) is 11.5 Å². The summed E-state index contributed by atoms with van der Waals surface area (Å²) in [5.41, 5.74) is 3.51. The van der Waals surface area contributed by atoms with E-state index in [-0.39, 0.29) is 5.04 Å². The third-order valence-electron chi connectivity index (χ3n) is 5.75. The van der Waals surface area contributed by atoms with Gasteiger partial charge in [0, 0.05) is 17.2 Å². The van der Waals surface area contributed by atoms with E-state index >= 15 is 0 Å². The second-order valence-corrected chi connectivity index (χ2v) is 13.3. The minimum absolute atomic E-state index is 0.153. The van der Waals surface area contributed by atoms with Crippen LogP contribution >= 0.6 is 0 Å². The van der Waals surface area contributed by atoms with Crippen molar-refractivity contribution in [1.29, 1.82) is 0 Å². The molecule has 1 aromatic carbocycles. The van der Waals surface area contributed by atoms with E-state index in [4.69, 9.17) is 9.16 Å². The van der Waals surface area contributed by atoms with Crippen molar-refractivity contribution in [1.82, 2.24) is 0 Å². The summed E-state index contributed by atoms with van der Waals surface area (Å²) in [6.45, 7) is 11.2. The molecule has 1 aliphatic carbocycles. The Morgan fingerprint density at radius 3 is 2.54 bits per heavy atom. The molecular formula is C20H30O3Si. The lowest BCUT2D eigenvalue weighted by Gasteiger charge is -2.37. The number of allylic oxidation sites excluding steroid dienone is 1. The fourth-order valence-electron chi connectivity index (χ4n) is 3.24. The van der Waals surface area contributed by atoms with Crippen molar-refractivity contribution in [3.05, 3.63) is 29.3 Å². The Morgan fingerprint density at radius 1 is 1.12 bits per heavy atom. The Kier molecular flexibility index (Phi) is 4.56. The summed E-state index contributed by atoms with van der Waals surface area (Å²) in [6, 6.07) is 6.15. The first-order valence-corrected chi connectivity index (χ1v) is 12.0. The van der Waals surface area contributed by atoms with Crippen LogP contribution in [0.15, 0.2) is 23.8 Å². The molecule has 0 spiro atoms. The molecule has 2 aliphatic rings. The van der Waals surface area contributed by atoms with Crippen molar-refractivity contribution in [3.63, 3.8) is 0 Å². The lowest BCUT2D eigenvalue weighted by atomic mass is 9.92. The Bertz CT molecular complexity index is 655. The highest BCUT2D eigenvalue weighted by molar-refractivity contribution is 6.74. The molecule has 0 aromatic heterocycles. The van der Waals surface area contributed by atoms with Gasteiger partial charge in [-0.2, -0.15) is 0 Å². The third-order valence-corrected chi connectivity index (χ3v) is 10.1. The van der Waals surface area contributed by atoms with E-state index in [2.05, 4.69) is 46.0 Å². The first-order valence-electron chi connectivity index (χ1n) is 9.09. The summed E-state index contributed by atoms with van der Waals surface area (Å²) < 4.78 is 12.2. The van der Waals surface area contributed by atoms with Crippen molar-refractivity contribution in [3.8, 4) is 11.5 Å². The number of hydrogen-bond donors (Lipinski definition) is 1. The fraction of sp³-hybridized carbons (Fsp3) is 0.600. The summed E-state index contributed by atoms with van der Waals surface area (Å²) in [7, 11) is -1.88. The zero-order valence-corrected chi connectivity index (χ0v) is 16.6. The average Bonchev–Trinajstić information content (AvgIpc) is 2.72. The molecule has 0 fully saturated rings. The SMILES string of the molecule is CC(C)(C)[Si](C)(C)Oc1ccc2c(c1)OC(O)C1=C2CCCCC1. The maximum Gasteiger partial charge on any atom is 0.250 e. The van der Waals surface area contributed by atoms with Gasteiger partial charge in [-0.1, -0.05) is 27.2 Å². The van der Waals surface area contributed by atoms with Crippen LogP contribution in [0.1, 0.15) is 58.4 Å². The van der Waals surface area contributed by atoms with Gasteiger partial charge in [-0.3, -0.25) is 0 Å². The van der Waals surface area contributed by atoms with Gasteiger partial charge in [0.25, 0.3) is 0 Å². The highest BCUT2D eigenvalue weighted by Crippen LogP contribution is 2.44. The van der Waals surface area contributed by atoms with Gasteiger partial charge in [0.2, 0.25) is 14.6 Å². The minimum Gasteiger partial charge on any atom is -0.543 e. The van der Waals surface area contributed by atoms with Gasteiger partial charge in [0.15, 0.2) is 0 Å². The summed E-state index contributed by atoms with van der Waals surface area (Å²) in [5, 5.41) is 10.6. The van der Waals surface area contributed by atoms with E-state index in [1.807, 2.05) is 6.07 Å². The predicted molar refractivity (Wildman–Crippen MR) is 101 cm³/mol. The molecule has 1 heterocycles. The summed E-state index contributed by atoms with van der Waals surface area (Å²) in [6.07, 6.45) is 4.73. The largest absolute Gasteiger partial charge is 0.543 e. The van der Waals surface area contributed by atoms with E-state index in [0.717, 1.165) is 41.9 Å². The van der Waals surface area contributed by atoms with Crippen LogP contribution in [0.25, 0.3) is 5.57 Å². The summed E-state index contributed by atoms with van der Waals surface area (Å²) >= 11 is 0. The van der Waals surface area contributed by atoms with Crippen LogP contribution in [0.4, 0.5) is 0 Å². The van der Waals surface area contributed by atoms with E-state index in [9.17, 15) is 5.11 Å². The Morgan fingerprint density at radius 2 is 1.83 bits per heavy atom. The van der Waals surface area contributed by atoms with Gasteiger partial charge in [-0.15, -0.1) is 0 Å². The minimum atomic E-state index is -1.88. The monoisotopic (exact) mass is 346 g/mol. The van der Waals surface area contributed by atoms with Gasteiger partial charge >= 0.3 is 0 Å². The van der Waals surface area contributed by atoms with Crippen molar-refractivity contribution in [2.24, 2.45) is 0 Å². The number of aliphatic hydroxyl groups excluding tert-OH is 1. The van der Waals surface area contributed by atoms with Gasteiger partial charge in [-0.05, 0) is 61.5 Å². The Hall–Kier alpha value is -1.26. The second kappa shape index (κ2) is 6.23. The second-order valence-electron chi connectivity index (χ2n) is 8.56. The predicted octanol–water partition coefficient (Wildman–Crippen LogP) is 5.50. The van der Waals surface area contributed by atoms with Crippen molar-refractivity contribution < 1.29 is 14.3 Å². The first kappa shape index (κ1) is 17.6. The lowest BCUT2D eigenvalue weighted by Crippen LogP contribution is -2.43. The third kappa shape index (κ3) is 3.27. The van der Waals surface area contributed by atoms with E-state index in [1.165, 1.54) is 18.4 Å². The molecule has 0 saturated heterocycles. The molecule has 0 amide bonds. The average molecular weight is 347 g/mol. The molecule has 0 radical (unpaired) electrons. The topological polar surface area (TPSA) is 38.7 Å². The van der Waals surface area contributed by atoms with Crippen molar-refractivity contribution in [2.75, 3.05) is 0 Å². The van der Waals surface area contributed by atoms with Crippen LogP contribution in [-0.2, 0) is 0 Å². The van der Waals surface area contributed by atoms with Gasteiger partial charge in [0.05, 0.1) is 0 Å². The van der Waals surface area contributed by atoms with Crippen molar-refractivity contribution >= 4 is 13.9 Å². The fourth-order valence-corrected chi connectivity index (χ4v) is 4.26. The number of benzene rings is 1. The number of rotatable bonds is 2. The molecule has 1 aliphatic heterocycles. The quantitative estimate of drug-likeness (QED) is 0.719. The summed E-state index contributed by atoms with van der Waals surface area (Å²) in [5.74, 6) is 1.62. The van der Waals surface area contributed by atoms with Crippen LogP contribution in [0.2, 0.25) is 18.1 Å². The molecule has 3 rings (SSSR count). The normalized spacial score (nSPS) is 21.5. The molecular weight excluding hydrogens is 316 g/mol. The molecule has 24 heavy (non-hydrogen) atoms. The number of aliphatic hydroxyl groups is 1. The standard InChI is InChI=1S/C20H30O3Si/c1-20(2,3)24(4,5)23-14-11-12-16-15-9-7-6-8-10-17(15)19(21)22-18(16)13-14/h11-13,19,21H,6-10H2,1-5H3. The van der Waals surface area contributed by atoms with E-state index < -0.39 is 14.6 Å². The van der Waals surface area contributed by atoms with E-state index in [0.29, 0.717) is 0 Å². The number of hydrogen-bond acceptors (Lipinski definition) is 3. The molecule has 3 nitrogen and oxygen atoms in total. The van der Waals surface area contributed by atoms with E-state index in [1.54, 1.807) is 0 Å². The molecule has 0 bridgehead atoms. The maximum atomic E-state index is 10.4. The number of fused-ring (bicyclic) bond motifs is 2. The molecule has 1 unspecified atom stereocenters. The maximum absolute atomic E-state index is 10.4. The molecule has 1 atom stereocenters. The highest BCUT2D eigenvalue weighted by Gasteiger charge is 2.39. The van der Waals surface area contributed by atoms with Crippen molar-refractivity contribution in [2.45, 2.75) is 77.3 Å². The zero-order chi connectivity index (χ0) is 17.5. The summed E-state index contributed by atoms with van der Waals surface area (Å²) in [4.78, 5) is 0. The smallest absolute Gasteiger partial charge is 0.250 e. The molecule has 0 saturated carbocycles. The van der Waals surface area contributed by atoms with Crippen LogP contribution in [0.5, 0.6) is 11.5 Å². The zero-order valence-electron chi connectivity index (χ0n) is 15.6. The first-order chi connectivity index (χ1) is 11.2. The molecule has 1 N–H and O–H groups in total. The van der Waals surface area contributed by atoms with Gasteiger partial charge < -0.3 is 14.3 Å².